The average Bonchev–Trinajstić information content (AvgIpc) is 2.98. The lowest BCUT2D eigenvalue weighted by Gasteiger charge is -2.15. The summed E-state index contributed by atoms with van der Waals surface area (Å²) < 4.78 is 0. The molecule has 1 aliphatic rings. The smallest absolute Gasteiger partial charge is 0.234 e. The molecule has 0 bridgehead atoms. The minimum atomic E-state index is 0.0561. The molecule has 98 valence electrons. The third-order valence-corrected chi connectivity index (χ3v) is 2.69. The van der Waals surface area contributed by atoms with Gasteiger partial charge in [-0.15, -0.1) is 0 Å². The van der Waals surface area contributed by atoms with Crippen molar-refractivity contribution in [2.75, 3.05) is 19.3 Å². The van der Waals surface area contributed by atoms with Gasteiger partial charge in [0.15, 0.2) is 0 Å². The minimum absolute atomic E-state index is 0.0561. The number of hydrogen-bond acceptors (Lipinski definition) is 5. The van der Waals surface area contributed by atoms with Crippen molar-refractivity contribution in [1.82, 2.24) is 20.2 Å². The number of nitrogens with zero attached hydrogens (tertiary/aromatic N) is 3. The topological polar surface area (TPSA) is 84.1 Å². The van der Waals surface area contributed by atoms with E-state index in [1.54, 1.807) is 6.07 Å². The Morgan fingerprint density at radius 2 is 2.28 bits per heavy atom. The van der Waals surface area contributed by atoms with E-state index < -0.39 is 0 Å². The van der Waals surface area contributed by atoms with Gasteiger partial charge in [-0.2, -0.15) is 0 Å². The number of nitrogen functional groups attached to an aromatic ring is 1. The van der Waals surface area contributed by atoms with Crippen LogP contribution >= 0.6 is 0 Å². The van der Waals surface area contributed by atoms with Crippen LogP contribution in [0.1, 0.15) is 24.4 Å². The molecule has 6 heteroatoms. The molecule has 1 heterocycles. The van der Waals surface area contributed by atoms with Crippen molar-refractivity contribution in [3.63, 3.8) is 0 Å². The molecule has 0 aliphatic heterocycles. The number of aromatic nitrogens is 2. The lowest BCUT2D eigenvalue weighted by Crippen LogP contribution is -2.36. The summed E-state index contributed by atoms with van der Waals surface area (Å²) in [5.41, 5.74) is 6.50. The minimum Gasteiger partial charge on any atom is -0.384 e. The largest absolute Gasteiger partial charge is 0.384 e. The standard InChI is InChI=1S/C12H19N5O/c1-8-5-10(13)16-11(14-8)6-17(2)7-12(18)15-9-3-4-9/h5,9H,3-4,6-7H2,1-2H3,(H,15,18)(H2,13,14,16). The highest BCUT2D eigenvalue weighted by atomic mass is 16.2. The van der Waals surface area contributed by atoms with Crippen LogP contribution in [0.2, 0.25) is 0 Å². The molecule has 1 saturated carbocycles. The number of rotatable bonds is 5. The molecule has 0 radical (unpaired) electrons. The van der Waals surface area contributed by atoms with Crippen molar-refractivity contribution in [3.8, 4) is 0 Å². The second-order valence-electron chi connectivity index (χ2n) is 4.86. The highest BCUT2D eigenvalue weighted by molar-refractivity contribution is 5.78. The molecule has 1 aliphatic carbocycles. The lowest BCUT2D eigenvalue weighted by molar-refractivity contribution is -0.122. The van der Waals surface area contributed by atoms with E-state index in [1.165, 1.54) is 0 Å². The van der Waals surface area contributed by atoms with Gasteiger partial charge in [-0.05, 0) is 26.8 Å². The van der Waals surface area contributed by atoms with Gasteiger partial charge in [0.05, 0.1) is 13.1 Å². The van der Waals surface area contributed by atoms with E-state index in [0.717, 1.165) is 18.5 Å². The van der Waals surface area contributed by atoms with Gasteiger partial charge >= 0.3 is 0 Å². The summed E-state index contributed by atoms with van der Waals surface area (Å²) in [5, 5.41) is 2.95. The van der Waals surface area contributed by atoms with Crippen LogP contribution < -0.4 is 11.1 Å². The number of anilines is 1. The van der Waals surface area contributed by atoms with E-state index in [2.05, 4.69) is 15.3 Å². The fourth-order valence-corrected chi connectivity index (χ4v) is 1.77. The van der Waals surface area contributed by atoms with Gasteiger partial charge in [0.1, 0.15) is 11.6 Å². The van der Waals surface area contributed by atoms with Crippen LogP contribution in [0.5, 0.6) is 0 Å². The first-order chi connectivity index (χ1) is 8.52. The van der Waals surface area contributed by atoms with Crippen molar-refractivity contribution in [3.05, 3.63) is 17.6 Å². The second kappa shape index (κ2) is 5.30. The van der Waals surface area contributed by atoms with Crippen LogP contribution in [-0.4, -0.2) is 40.4 Å². The second-order valence-corrected chi connectivity index (χ2v) is 4.86. The summed E-state index contributed by atoms with van der Waals surface area (Å²) in [6.07, 6.45) is 2.21. The predicted molar refractivity (Wildman–Crippen MR) is 68.7 cm³/mol. The van der Waals surface area contributed by atoms with Gasteiger partial charge in [0.2, 0.25) is 5.91 Å². The predicted octanol–water partition coefficient (Wildman–Crippen LogP) is 0.0776. The maximum Gasteiger partial charge on any atom is 0.234 e. The van der Waals surface area contributed by atoms with Crippen LogP contribution in [0, 0.1) is 6.92 Å². The SMILES string of the molecule is Cc1cc(N)nc(CN(C)CC(=O)NC2CC2)n1. The van der Waals surface area contributed by atoms with Gasteiger partial charge in [-0.1, -0.05) is 0 Å². The maximum atomic E-state index is 11.6. The van der Waals surface area contributed by atoms with E-state index in [9.17, 15) is 4.79 Å². The highest BCUT2D eigenvalue weighted by Gasteiger charge is 2.23. The number of likely N-dealkylation sites (N-methyl/N-ethyl adjacent to an activating group) is 1. The van der Waals surface area contributed by atoms with Crippen molar-refractivity contribution in [2.45, 2.75) is 32.4 Å². The summed E-state index contributed by atoms with van der Waals surface area (Å²) >= 11 is 0. The molecule has 1 aromatic rings. The van der Waals surface area contributed by atoms with E-state index in [0.29, 0.717) is 30.8 Å². The van der Waals surface area contributed by atoms with E-state index in [-0.39, 0.29) is 5.91 Å². The normalized spacial score (nSPS) is 14.8. The summed E-state index contributed by atoms with van der Waals surface area (Å²) in [6.45, 7) is 2.75. The van der Waals surface area contributed by atoms with Crippen molar-refractivity contribution in [2.24, 2.45) is 0 Å². The zero-order valence-corrected chi connectivity index (χ0v) is 10.8. The summed E-state index contributed by atoms with van der Waals surface area (Å²) in [4.78, 5) is 21.9. The Bertz CT molecular complexity index is 424. The molecule has 1 fully saturated rings. The number of amides is 1. The Morgan fingerprint density at radius 3 is 2.89 bits per heavy atom. The molecule has 0 atom stereocenters. The molecule has 6 nitrogen and oxygen atoms in total. The average molecular weight is 249 g/mol. The summed E-state index contributed by atoms with van der Waals surface area (Å²) in [6, 6.07) is 2.13. The van der Waals surface area contributed by atoms with Gasteiger partial charge < -0.3 is 11.1 Å². The lowest BCUT2D eigenvalue weighted by atomic mass is 10.4. The quantitative estimate of drug-likeness (QED) is 0.772. The maximum absolute atomic E-state index is 11.6. The van der Waals surface area contributed by atoms with Gasteiger partial charge in [0.25, 0.3) is 0 Å². The summed E-state index contributed by atoms with van der Waals surface area (Å²) in [7, 11) is 1.87. The molecule has 1 aromatic heterocycles. The number of aryl methyl sites for hydroxylation is 1. The Morgan fingerprint density at radius 1 is 1.56 bits per heavy atom. The van der Waals surface area contributed by atoms with E-state index >= 15 is 0 Å². The molecule has 18 heavy (non-hydrogen) atoms. The number of carbonyl (C=O) groups excluding carboxylic acids is 1. The van der Waals surface area contributed by atoms with Crippen molar-refractivity contribution < 1.29 is 4.79 Å². The Kier molecular flexibility index (Phi) is 3.76. The number of nitrogens with one attached hydrogen (secondary N) is 1. The summed E-state index contributed by atoms with van der Waals surface area (Å²) in [5.74, 6) is 1.17. The fraction of sp³-hybridized carbons (Fsp3) is 0.583. The number of nitrogens with two attached hydrogens (primary N) is 1. The monoisotopic (exact) mass is 249 g/mol. The molecule has 3 N–H and O–H groups in total. The van der Waals surface area contributed by atoms with Crippen LogP contribution in [0.4, 0.5) is 5.82 Å². The first kappa shape index (κ1) is 12.8. The van der Waals surface area contributed by atoms with Gasteiger partial charge in [-0.25, -0.2) is 9.97 Å². The third-order valence-electron chi connectivity index (χ3n) is 2.69. The zero-order valence-electron chi connectivity index (χ0n) is 10.8. The molecule has 0 unspecified atom stereocenters. The van der Waals surface area contributed by atoms with E-state index in [1.807, 2.05) is 18.9 Å². The number of hydrogen-bond donors (Lipinski definition) is 2. The molecule has 2 rings (SSSR count). The van der Waals surface area contributed by atoms with Gasteiger partial charge in [0, 0.05) is 17.8 Å². The van der Waals surface area contributed by atoms with Crippen LogP contribution in [0.15, 0.2) is 6.07 Å². The van der Waals surface area contributed by atoms with Crippen LogP contribution in [-0.2, 0) is 11.3 Å². The first-order valence-corrected chi connectivity index (χ1v) is 6.11. The van der Waals surface area contributed by atoms with Crippen molar-refractivity contribution >= 4 is 11.7 Å². The molecule has 1 amide bonds. The molecule has 0 saturated heterocycles. The van der Waals surface area contributed by atoms with Crippen LogP contribution in [0.25, 0.3) is 0 Å². The molecule has 0 spiro atoms. The van der Waals surface area contributed by atoms with Crippen molar-refractivity contribution in [1.29, 1.82) is 0 Å². The molecule has 0 aromatic carbocycles. The number of carbonyl (C=O) groups is 1. The fourth-order valence-electron chi connectivity index (χ4n) is 1.77. The molecular formula is C12H19N5O. The molecular weight excluding hydrogens is 230 g/mol. The third kappa shape index (κ3) is 3.96. The first-order valence-electron chi connectivity index (χ1n) is 6.11. The highest BCUT2D eigenvalue weighted by Crippen LogP contribution is 2.18. The van der Waals surface area contributed by atoms with Gasteiger partial charge in [-0.3, -0.25) is 9.69 Å². The van der Waals surface area contributed by atoms with E-state index in [4.69, 9.17) is 5.73 Å². The Hall–Kier alpha value is -1.69. The Labute approximate surface area is 107 Å². The Balaban J connectivity index is 1.85. The van der Waals surface area contributed by atoms with Crippen LogP contribution in [0.3, 0.4) is 0 Å². The zero-order chi connectivity index (χ0) is 13.1.